The number of ether oxygens (including phenoxy) is 2. The summed E-state index contributed by atoms with van der Waals surface area (Å²) in [6.45, 7) is 9.12. The molecule has 0 fully saturated rings. The number of aliphatic hydroxyl groups is 1. The molecule has 0 radical (unpaired) electrons. The molecule has 0 saturated heterocycles. The zero-order valence-corrected chi connectivity index (χ0v) is 11.7. The van der Waals surface area contributed by atoms with Crippen molar-refractivity contribution < 1.29 is 19.4 Å². The number of nitrogens with one attached hydrogen (secondary N) is 1. The van der Waals surface area contributed by atoms with Crippen LogP contribution in [0.15, 0.2) is 0 Å². The van der Waals surface area contributed by atoms with E-state index in [0.29, 0.717) is 6.42 Å². The predicted molar refractivity (Wildman–Crippen MR) is 65.9 cm³/mol. The van der Waals surface area contributed by atoms with Gasteiger partial charge in [0.25, 0.3) is 0 Å². The molecule has 5 nitrogen and oxygen atoms in total. The van der Waals surface area contributed by atoms with Gasteiger partial charge in [0.2, 0.25) is 0 Å². The third kappa shape index (κ3) is 7.99. The first-order valence-electron chi connectivity index (χ1n) is 5.74. The van der Waals surface area contributed by atoms with Gasteiger partial charge in [-0.25, -0.2) is 4.79 Å². The standard InChI is InChI=1S/C12H25NO4/c1-11(2,3)13-10(15)17-9(8-14)7-12(4,5)16-6/h9,14H,7-8H2,1-6H3,(H,13,15). The quantitative estimate of drug-likeness (QED) is 0.775. The number of aliphatic hydroxyl groups excluding tert-OH is 1. The van der Waals surface area contributed by atoms with Crippen LogP contribution < -0.4 is 5.32 Å². The van der Waals surface area contributed by atoms with Crippen LogP contribution in [0.25, 0.3) is 0 Å². The molecule has 0 spiro atoms. The van der Waals surface area contributed by atoms with E-state index in [1.165, 1.54) is 0 Å². The van der Waals surface area contributed by atoms with Gasteiger partial charge in [-0.15, -0.1) is 0 Å². The Morgan fingerprint density at radius 3 is 2.18 bits per heavy atom. The minimum atomic E-state index is -0.563. The highest BCUT2D eigenvalue weighted by Gasteiger charge is 2.26. The smallest absolute Gasteiger partial charge is 0.407 e. The van der Waals surface area contributed by atoms with Crippen LogP contribution in [0.5, 0.6) is 0 Å². The Kier molecular flexibility index (Phi) is 5.92. The van der Waals surface area contributed by atoms with E-state index in [9.17, 15) is 9.90 Å². The summed E-state index contributed by atoms with van der Waals surface area (Å²) in [6, 6.07) is 0. The van der Waals surface area contributed by atoms with Gasteiger partial charge in [-0.3, -0.25) is 0 Å². The summed E-state index contributed by atoms with van der Waals surface area (Å²) in [4.78, 5) is 11.5. The summed E-state index contributed by atoms with van der Waals surface area (Å²) in [5.41, 5.74) is -0.788. The maximum Gasteiger partial charge on any atom is 0.407 e. The largest absolute Gasteiger partial charge is 0.444 e. The molecule has 0 aliphatic carbocycles. The normalized spacial score (nSPS) is 14.3. The Labute approximate surface area is 103 Å². The third-order valence-electron chi connectivity index (χ3n) is 2.23. The van der Waals surface area contributed by atoms with Crippen molar-refractivity contribution in [2.75, 3.05) is 13.7 Å². The van der Waals surface area contributed by atoms with E-state index in [1.54, 1.807) is 7.11 Å². The summed E-state index contributed by atoms with van der Waals surface area (Å²) >= 11 is 0. The maximum atomic E-state index is 11.5. The number of rotatable bonds is 5. The lowest BCUT2D eigenvalue weighted by Crippen LogP contribution is -2.44. The van der Waals surface area contributed by atoms with Gasteiger partial charge in [0.15, 0.2) is 0 Å². The first-order chi connectivity index (χ1) is 7.59. The molecule has 0 aromatic rings. The molecule has 0 aliphatic rings. The highest BCUT2D eigenvalue weighted by molar-refractivity contribution is 5.68. The van der Waals surface area contributed by atoms with Crippen molar-refractivity contribution in [2.24, 2.45) is 0 Å². The summed E-state index contributed by atoms with van der Waals surface area (Å²) in [5, 5.41) is 11.8. The Balaban J connectivity index is 4.27. The van der Waals surface area contributed by atoms with Gasteiger partial charge >= 0.3 is 6.09 Å². The van der Waals surface area contributed by atoms with Crippen LogP contribution in [0.1, 0.15) is 41.0 Å². The molecule has 0 aromatic heterocycles. The van der Waals surface area contributed by atoms with Crippen LogP contribution in [0.4, 0.5) is 4.79 Å². The number of carbonyl (C=O) groups is 1. The van der Waals surface area contributed by atoms with Gasteiger partial charge < -0.3 is 19.9 Å². The maximum absolute atomic E-state index is 11.5. The SMILES string of the molecule is COC(C)(C)CC(CO)OC(=O)NC(C)(C)C. The fourth-order valence-electron chi connectivity index (χ4n) is 1.26. The minimum Gasteiger partial charge on any atom is -0.444 e. The molecule has 0 aromatic carbocycles. The first-order valence-corrected chi connectivity index (χ1v) is 5.74. The molecule has 1 amide bonds. The topological polar surface area (TPSA) is 67.8 Å². The number of carbonyl (C=O) groups excluding carboxylic acids is 1. The Morgan fingerprint density at radius 2 is 1.82 bits per heavy atom. The number of amides is 1. The predicted octanol–water partition coefficient (Wildman–Crippen LogP) is 1.69. The van der Waals surface area contributed by atoms with Crippen molar-refractivity contribution in [3.05, 3.63) is 0 Å². The summed E-state index contributed by atoms with van der Waals surface area (Å²) in [6.07, 6.45) is -0.645. The lowest BCUT2D eigenvalue weighted by Gasteiger charge is -2.28. The molecule has 0 rings (SSSR count). The highest BCUT2D eigenvalue weighted by atomic mass is 16.6. The number of hydrogen-bond acceptors (Lipinski definition) is 4. The third-order valence-corrected chi connectivity index (χ3v) is 2.23. The van der Waals surface area contributed by atoms with Crippen LogP contribution in [-0.2, 0) is 9.47 Å². The van der Waals surface area contributed by atoms with E-state index in [2.05, 4.69) is 5.32 Å². The van der Waals surface area contributed by atoms with Crippen molar-refractivity contribution in [3.8, 4) is 0 Å². The van der Waals surface area contributed by atoms with Gasteiger partial charge in [-0.1, -0.05) is 0 Å². The molecule has 0 bridgehead atoms. The Bertz CT molecular complexity index is 245. The van der Waals surface area contributed by atoms with Crippen molar-refractivity contribution in [1.82, 2.24) is 5.32 Å². The van der Waals surface area contributed by atoms with E-state index in [4.69, 9.17) is 9.47 Å². The average Bonchev–Trinajstić information content (AvgIpc) is 2.13. The number of methoxy groups -OCH3 is 1. The lowest BCUT2D eigenvalue weighted by atomic mass is 10.0. The zero-order valence-electron chi connectivity index (χ0n) is 11.7. The molecule has 0 aliphatic heterocycles. The molecule has 2 N–H and O–H groups in total. The molecule has 17 heavy (non-hydrogen) atoms. The van der Waals surface area contributed by atoms with Crippen LogP contribution in [0.2, 0.25) is 0 Å². The van der Waals surface area contributed by atoms with Crippen LogP contribution in [0, 0.1) is 0 Å². The van der Waals surface area contributed by atoms with Crippen LogP contribution in [0.3, 0.4) is 0 Å². The van der Waals surface area contributed by atoms with Gasteiger partial charge in [-0.2, -0.15) is 0 Å². The van der Waals surface area contributed by atoms with Crippen molar-refractivity contribution in [1.29, 1.82) is 0 Å². The van der Waals surface area contributed by atoms with Crippen molar-refractivity contribution >= 4 is 6.09 Å². The van der Waals surface area contributed by atoms with E-state index in [1.807, 2.05) is 34.6 Å². The second-order valence-electron chi connectivity index (χ2n) is 5.75. The molecule has 1 atom stereocenters. The summed E-state index contributed by atoms with van der Waals surface area (Å²) in [5.74, 6) is 0. The van der Waals surface area contributed by atoms with E-state index < -0.39 is 17.8 Å². The molecule has 5 heteroatoms. The Morgan fingerprint density at radius 1 is 1.29 bits per heavy atom. The second kappa shape index (κ2) is 6.21. The average molecular weight is 247 g/mol. The summed E-state index contributed by atoms with van der Waals surface area (Å²) < 4.78 is 10.4. The molecule has 0 saturated carbocycles. The minimum absolute atomic E-state index is 0.218. The van der Waals surface area contributed by atoms with E-state index in [0.717, 1.165) is 0 Å². The van der Waals surface area contributed by atoms with Crippen molar-refractivity contribution in [2.45, 2.75) is 58.3 Å². The highest BCUT2D eigenvalue weighted by Crippen LogP contribution is 2.17. The molecular weight excluding hydrogens is 222 g/mol. The van der Waals surface area contributed by atoms with Gasteiger partial charge in [0.05, 0.1) is 12.2 Å². The zero-order chi connectivity index (χ0) is 13.7. The van der Waals surface area contributed by atoms with E-state index in [-0.39, 0.29) is 12.1 Å². The number of hydrogen-bond donors (Lipinski definition) is 2. The van der Waals surface area contributed by atoms with Crippen LogP contribution in [-0.4, -0.2) is 42.2 Å². The van der Waals surface area contributed by atoms with E-state index >= 15 is 0 Å². The second-order valence-corrected chi connectivity index (χ2v) is 5.75. The first kappa shape index (κ1) is 16.2. The summed E-state index contributed by atoms with van der Waals surface area (Å²) in [7, 11) is 1.59. The van der Waals surface area contributed by atoms with Gasteiger partial charge in [0.1, 0.15) is 6.10 Å². The monoisotopic (exact) mass is 247 g/mol. The fraction of sp³-hybridized carbons (Fsp3) is 0.917. The van der Waals surface area contributed by atoms with Crippen molar-refractivity contribution in [3.63, 3.8) is 0 Å². The Hall–Kier alpha value is -0.810. The van der Waals surface area contributed by atoms with Crippen LogP contribution >= 0.6 is 0 Å². The van der Waals surface area contributed by atoms with Gasteiger partial charge in [-0.05, 0) is 34.6 Å². The lowest BCUT2D eigenvalue weighted by molar-refractivity contribution is -0.0381. The molecule has 0 heterocycles. The molecular formula is C12H25NO4. The molecule has 1 unspecified atom stereocenters. The molecule has 102 valence electrons. The number of alkyl carbamates (subject to hydrolysis) is 1. The fourth-order valence-corrected chi connectivity index (χ4v) is 1.26. The van der Waals surface area contributed by atoms with Gasteiger partial charge in [0, 0.05) is 19.1 Å².